The molecule has 0 radical (unpaired) electrons. The molecule has 4 unspecified atom stereocenters. The highest BCUT2D eigenvalue weighted by Gasteiger charge is 2.57. The number of nitrogens with zero attached hydrogens (tertiary/aromatic N) is 1. The van der Waals surface area contributed by atoms with Crippen molar-refractivity contribution in [3.8, 4) is 11.1 Å². The zero-order valence-electron chi connectivity index (χ0n) is 20.6. The molecule has 0 N–H and O–H groups in total. The predicted molar refractivity (Wildman–Crippen MR) is 130 cm³/mol. The van der Waals surface area contributed by atoms with Crippen molar-refractivity contribution in [3.05, 3.63) is 59.9 Å². The van der Waals surface area contributed by atoms with Gasteiger partial charge in [0.25, 0.3) is 0 Å². The van der Waals surface area contributed by atoms with E-state index in [9.17, 15) is 18.0 Å². The predicted octanol–water partition coefficient (Wildman–Crippen LogP) is 6.14. The van der Waals surface area contributed by atoms with Crippen LogP contribution in [0.15, 0.2) is 48.7 Å². The number of ether oxygens (including phenoxy) is 3. The number of esters is 1. The molecule has 2 aliphatic carbocycles. The van der Waals surface area contributed by atoms with E-state index in [1.807, 2.05) is 19.1 Å². The second kappa shape index (κ2) is 9.24. The molecule has 5 nitrogen and oxygen atoms in total. The minimum Gasteiger partial charge on any atom is -0.462 e. The van der Waals surface area contributed by atoms with Gasteiger partial charge < -0.3 is 14.2 Å². The van der Waals surface area contributed by atoms with Crippen LogP contribution < -0.4 is 0 Å². The van der Waals surface area contributed by atoms with E-state index in [-0.39, 0.29) is 29.8 Å². The maximum atomic E-state index is 13.1. The average molecular weight is 514 g/mol. The van der Waals surface area contributed by atoms with Crippen LogP contribution in [0.25, 0.3) is 17.2 Å². The third-order valence-corrected chi connectivity index (χ3v) is 8.76. The molecule has 2 saturated heterocycles. The van der Waals surface area contributed by atoms with Crippen molar-refractivity contribution in [2.75, 3.05) is 13.2 Å². The molecule has 6 atom stereocenters. The van der Waals surface area contributed by atoms with Crippen LogP contribution in [-0.2, 0) is 25.2 Å². The van der Waals surface area contributed by atoms with Crippen molar-refractivity contribution in [2.24, 2.45) is 29.6 Å². The van der Waals surface area contributed by atoms with E-state index in [2.05, 4.69) is 11.1 Å². The summed E-state index contributed by atoms with van der Waals surface area (Å²) in [4.78, 5) is 17.2. The fourth-order valence-electron chi connectivity index (χ4n) is 7.11. The van der Waals surface area contributed by atoms with Gasteiger partial charge in [0.2, 0.25) is 0 Å². The van der Waals surface area contributed by atoms with Crippen LogP contribution in [0.3, 0.4) is 0 Å². The highest BCUT2D eigenvalue weighted by molar-refractivity contribution is 5.75. The fraction of sp³-hybridized carbons (Fsp3) is 0.517. The van der Waals surface area contributed by atoms with Gasteiger partial charge in [-0.2, -0.15) is 13.2 Å². The van der Waals surface area contributed by atoms with Gasteiger partial charge >= 0.3 is 12.1 Å². The quantitative estimate of drug-likeness (QED) is 0.462. The Morgan fingerprint density at radius 2 is 1.92 bits per heavy atom. The zero-order valence-corrected chi connectivity index (χ0v) is 20.6. The van der Waals surface area contributed by atoms with E-state index in [1.54, 1.807) is 18.3 Å². The Labute approximate surface area is 214 Å². The van der Waals surface area contributed by atoms with Crippen LogP contribution in [0.2, 0.25) is 0 Å². The van der Waals surface area contributed by atoms with Gasteiger partial charge in [-0.25, -0.2) is 0 Å². The largest absolute Gasteiger partial charge is 0.462 e. The number of fused-ring (bicyclic) bond motifs is 2. The van der Waals surface area contributed by atoms with E-state index < -0.39 is 17.5 Å². The number of hydrogen-bond acceptors (Lipinski definition) is 5. The molecule has 4 aliphatic rings. The summed E-state index contributed by atoms with van der Waals surface area (Å²) in [5.74, 6) is 0.262. The lowest BCUT2D eigenvalue weighted by Crippen LogP contribution is -2.49. The lowest BCUT2D eigenvalue weighted by molar-refractivity contribution is -0.204. The lowest BCUT2D eigenvalue weighted by Gasteiger charge is -2.49. The molecular formula is C29H30F3NO4. The average Bonchev–Trinajstić information content (AvgIpc) is 3.45. The second-order valence-corrected chi connectivity index (χ2v) is 10.8. The third kappa shape index (κ3) is 4.59. The van der Waals surface area contributed by atoms with Gasteiger partial charge in [-0.1, -0.05) is 24.3 Å². The Kier molecular flexibility index (Phi) is 6.15. The number of allylic oxidation sites excluding steroid dienone is 1. The van der Waals surface area contributed by atoms with Crippen molar-refractivity contribution < 1.29 is 32.2 Å². The number of hydrogen-bond donors (Lipinski definition) is 0. The number of carbonyl (C=O) groups excluding carboxylic acids is 1. The molecule has 1 aromatic heterocycles. The number of benzene rings is 1. The number of pyridine rings is 1. The zero-order chi connectivity index (χ0) is 25.8. The molecule has 8 heteroatoms. The standard InChI is InChI=1S/C29H30F3NO4/c1-17-26-24(23-9-10-28(35-11-12-36-28)15-20(23)14-25(26)27(34)37-17)8-7-22-6-5-19(16-33-22)18-3-2-4-21(13-18)29(30,31)32/h2-8,13,16-17,20,23-26H,9-12,14-15H2,1H3/b8-7+/t17?,20?,23-,24+,25?,26?/m1/s1. The maximum absolute atomic E-state index is 13.1. The van der Waals surface area contributed by atoms with E-state index >= 15 is 0 Å². The van der Waals surface area contributed by atoms with E-state index in [4.69, 9.17) is 14.2 Å². The number of alkyl halides is 3. The van der Waals surface area contributed by atoms with Gasteiger partial charge in [0.1, 0.15) is 6.10 Å². The Morgan fingerprint density at radius 1 is 1.11 bits per heavy atom. The summed E-state index contributed by atoms with van der Waals surface area (Å²) in [5, 5.41) is 0. The summed E-state index contributed by atoms with van der Waals surface area (Å²) in [5.41, 5.74) is 1.14. The molecular weight excluding hydrogens is 483 g/mol. The number of cyclic esters (lactones) is 1. The summed E-state index contributed by atoms with van der Waals surface area (Å²) in [6.45, 7) is 3.22. The number of aromatic nitrogens is 1. The second-order valence-electron chi connectivity index (χ2n) is 10.8. The van der Waals surface area contributed by atoms with Gasteiger partial charge in [-0.05, 0) is 67.4 Å². The molecule has 0 bridgehead atoms. The monoisotopic (exact) mass is 513 g/mol. The molecule has 1 aromatic carbocycles. The first-order valence-electron chi connectivity index (χ1n) is 13.0. The molecule has 2 saturated carbocycles. The molecule has 0 amide bonds. The van der Waals surface area contributed by atoms with Crippen molar-refractivity contribution in [2.45, 2.75) is 50.7 Å². The first-order valence-corrected chi connectivity index (χ1v) is 13.0. The SMILES string of the molecule is CC1OC(=O)C2CC3CC4(CC[C@H]3[C@H](/C=C/c3ccc(-c5cccc(C(F)(F)F)c5)cn3)C12)OCCO4. The number of carbonyl (C=O) groups is 1. The molecule has 196 valence electrons. The molecule has 1 spiro atoms. The van der Waals surface area contributed by atoms with Crippen LogP contribution in [-0.4, -0.2) is 36.1 Å². The Bertz CT molecular complexity index is 1190. The first kappa shape index (κ1) is 24.6. The van der Waals surface area contributed by atoms with Gasteiger partial charge in [-0.3, -0.25) is 9.78 Å². The fourth-order valence-corrected chi connectivity index (χ4v) is 7.11. The van der Waals surface area contributed by atoms with Gasteiger partial charge in [-0.15, -0.1) is 0 Å². The Morgan fingerprint density at radius 3 is 2.65 bits per heavy atom. The lowest BCUT2D eigenvalue weighted by atomic mass is 9.56. The normalized spacial score (nSPS) is 32.9. The minimum absolute atomic E-state index is 0.106. The summed E-state index contributed by atoms with van der Waals surface area (Å²) in [7, 11) is 0. The Hall–Kier alpha value is -2.71. The van der Waals surface area contributed by atoms with E-state index in [0.29, 0.717) is 36.2 Å². The summed E-state index contributed by atoms with van der Waals surface area (Å²) in [6, 6.07) is 8.87. The summed E-state index contributed by atoms with van der Waals surface area (Å²) < 4.78 is 57.0. The van der Waals surface area contributed by atoms with Crippen LogP contribution >= 0.6 is 0 Å². The Balaban J connectivity index is 1.24. The number of halogens is 3. The third-order valence-electron chi connectivity index (χ3n) is 8.76. The highest BCUT2D eigenvalue weighted by atomic mass is 19.4. The van der Waals surface area contributed by atoms with E-state index in [1.165, 1.54) is 6.07 Å². The van der Waals surface area contributed by atoms with Gasteiger partial charge in [0.05, 0.1) is 30.4 Å². The molecule has 2 aliphatic heterocycles. The molecule has 2 aromatic rings. The highest BCUT2D eigenvalue weighted by Crippen LogP contribution is 2.56. The van der Waals surface area contributed by atoms with E-state index in [0.717, 1.165) is 43.5 Å². The van der Waals surface area contributed by atoms with Gasteiger partial charge in [0.15, 0.2) is 5.79 Å². The molecule has 3 heterocycles. The minimum atomic E-state index is -4.39. The van der Waals surface area contributed by atoms with Crippen molar-refractivity contribution in [3.63, 3.8) is 0 Å². The van der Waals surface area contributed by atoms with Crippen molar-refractivity contribution in [1.82, 2.24) is 4.98 Å². The van der Waals surface area contributed by atoms with Crippen LogP contribution in [0.1, 0.15) is 43.9 Å². The summed E-state index contributed by atoms with van der Waals surface area (Å²) in [6.07, 6.45) is 4.65. The van der Waals surface area contributed by atoms with Crippen molar-refractivity contribution >= 4 is 12.0 Å². The van der Waals surface area contributed by atoms with Crippen LogP contribution in [0.4, 0.5) is 13.2 Å². The number of rotatable bonds is 3. The maximum Gasteiger partial charge on any atom is 0.416 e. The molecule has 37 heavy (non-hydrogen) atoms. The first-order chi connectivity index (χ1) is 17.7. The smallest absolute Gasteiger partial charge is 0.416 e. The van der Waals surface area contributed by atoms with Crippen LogP contribution in [0.5, 0.6) is 0 Å². The molecule has 6 rings (SSSR count). The van der Waals surface area contributed by atoms with Crippen molar-refractivity contribution in [1.29, 1.82) is 0 Å². The summed E-state index contributed by atoms with van der Waals surface area (Å²) >= 11 is 0. The molecule has 4 fully saturated rings. The van der Waals surface area contributed by atoms with Crippen LogP contribution in [0, 0.1) is 29.6 Å². The van der Waals surface area contributed by atoms with Gasteiger partial charge in [0, 0.05) is 30.5 Å². The topological polar surface area (TPSA) is 57.7 Å².